The zero-order valence-electron chi connectivity index (χ0n) is 8.03. The third-order valence-corrected chi connectivity index (χ3v) is 4.18. The van der Waals surface area contributed by atoms with Crippen molar-refractivity contribution >= 4 is 10.0 Å². The highest BCUT2D eigenvalue weighted by Gasteiger charge is 2.41. The van der Waals surface area contributed by atoms with E-state index in [9.17, 15) is 21.6 Å². The van der Waals surface area contributed by atoms with Gasteiger partial charge in [0.15, 0.2) is 0 Å². The van der Waals surface area contributed by atoms with E-state index in [4.69, 9.17) is 0 Å². The normalized spacial score (nSPS) is 19.7. The highest BCUT2D eigenvalue weighted by atomic mass is 32.2. The summed E-state index contributed by atoms with van der Waals surface area (Å²) in [6.07, 6.45) is -4.52. The Hall–Kier alpha value is -1.08. The molecule has 1 aliphatic rings. The third kappa shape index (κ3) is 1.92. The predicted octanol–water partition coefficient (Wildman–Crippen LogP) is 1.75. The molecule has 0 fully saturated rings. The number of nitrogens with zero attached hydrogens (tertiary/aromatic N) is 1. The maximum atomic E-state index is 12.2. The maximum Gasteiger partial charge on any atom is 0.402 e. The van der Waals surface area contributed by atoms with Gasteiger partial charge in [-0.05, 0) is 11.6 Å². The first-order valence-corrected chi connectivity index (χ1v) is 5.89. The van der Waals surface area contributed by atoms with Gasteiger partial charge in [0.2, 0.25) is 10.0 Å². The fourth-order valence-corrected chi connectivity index (χ4v) is 3.26. The SMILES string of the molecule is O=S1(=O)c2ccccc2CN1CC(F)(F)F. The summed E-state index contributed by atoms with van der Waals surface area (Å²) in [5.74, 6) is 0. The Kier molecular flexibility index (Phi) is 2.47. The topological polar surface area (TPSA) is 37.4 Å². The first-order chi connectivity index (χ1) is 7.31. The average molecular weight is 251 g/mol. The first kappa shape index (κ1) is 11.4. The van der Waals surface area contributed by atoms with Crippen LogP contribution >= 0.6 is 0 Å². The lowest BCUT2D eigenvalue weighted by Gasteiger charge is -2.16. The van der Waals surface area contributed by atoms with Gasteiger partial charge < -0.3 is 0 Å². The second-order valence-corrected chi connectivity index (χ2v) is 5.40. The van der Waals surface area contributed by atoms with Gasteiger partial charge in [0.05, 0.1) is 4.90 Å². The van der Waals surface area contributed by atoms with E-state index in [1.807, 2.05) is 0 Å². The van der Waals surface area contributed by atoms with Gasteiger partial charge in [-0.15, -0.1) is 0 Å². The van der Waals surface area contributed by atoms with Gasteiger partial charge in [-0.25, -0.2) is 8.42 Å². The number of alkyl halides is 3. The standard InChI is InChI=1S/C9H8F3NO2S/c10-9(11,12)6-13-5-7-3-1-2-4-8(7)16(13,14)15/h1-4H,5-6H2. The molecule has 1 aromatic carbocycles. The Bertz CT molecular complexity index is 510. The molecule has 0 bridgehead atoms. The van der Waals surface area contributed by atoms with Gasteiger partial charge in [-0.1, -0.05) is 18.2 Å². The summed E-state index contributed by atoms with van der Waals surface area (Å²) in [6.45, 7) is -1.65. The van der Waals surface area contributed by atoms with Crippen LogP contribution < -0.4 is 0 Å². The highest BCUT2D eigenvalue weighted by molar-refractivity contribution is 7.89. The molecule has 0 atom stereocenters. The summed E-state index contributed by atoms with van der Waals surface area (Å²) in [5, 5.41) is 0. The molecule has 1 aromatic rings. The van der Waals surface area contributed by atoms with E-state index in [0.29, 0.717) is 9.87 Å². The molecule has 0 aliphatic carbocycles. The second-order valence-electron chi connectivity index (χ2n) is 3.50. The summed E-state index contributed by atoms with van der Waals surface area (Å²) < 4.78 is 60.3. The van der Waals surface area contributed by atoms with Gasteiger partial charge in [0.1, 0.15) is 6.54 Å². The molecule has 0 amide bonds. The van der Waals surface area contributed by atoms with E-state index in [-0.39, 0.29) is 11.4 Å². The van der Waals surface area contributed by atoms with Crippen molar-refractivity contribution in [1.82, 2.24) is 4.31 Å². The van der Waals surface area contributed by atoms with Crippen molar-refractivity contribution in [1.29, 1.82) is 0 Å². The summed E-state index contributed by atoms with van der Waals surface area (Å²) in [7, 11) is -3.97. The van der Waals surface area contributed by atoms with E-state index in [0.717, 1.165) is 0 Å². The Morgan fingerprint density at radius 1 is 1.25 bits per heavy atom. The Labute approximate surface area is 90.5 Å². The zero-order valence-corrected chi connectivity index (χ0v) is 8.85. The Morgan fingerprint density at radius 3 is 2.44 bits per heavy atom. The van der Waals surface area contributed by atoms with Crippen molar-refractivity contribution < 1.29 is 21.6 Å². The summed E-state index contributed by atoms with van der Waals surface area (Å²) >= 11 is 0. The number of hydrogen-bond acceptors (Lipinski definition) is 2. The quantitative estimate of drug-likeness (QED) is 0.762. The summed E-state index contributed by atoms with van der Waals surface area (Å²) in [4.78, 5) is -0.0285. The van der Waals surface area contributed by atoms with Crippen LogP contribution in [0.15, 0.2) is 29.2 Å². The molecule has 2 rings (SSSR count). The Morgan fingerprint density at radius 2 is 1.88 bits per heavy atom. The number of benzene rings is 1. The average Bonchev–Trinajstić information content (AvgIpc) is 2.37. The van der Waals surface area contributed by atoms with Crippen LogP contribution in [0.3, 0.4) is 0 Å². The molecule has 16 heavy (non-hydrogen) atoms. The fourth-order valence-electron chi connectivity index (χ4n) is 1.64. The molecule has 0 radical (unpaired) electrons. The molecule has 0 spiro atoms. The minimum atomic E-state index is -4.52. The number of rotatable bonds is 1. The van der Waals surface area contributed by atoms with Crippen LogP contribution in [0.4, 0.5) is 13.2 Å². The number of sulfonamides is 1. The van der Waals surface area contributed by atoms with Gasteiger partial charge in [-0.2, -0.15) is 17.5 Å². The first-order valence-electron chi connectivity index (χ1n) is 4.45. The second kappa shape index (κ2) is 3.46. The number of halogens is 3. The number of hydrogen-bond donors (Lipinski definition) is 0. The molecule has 88 valence electrons. The predicted molar refractivity (Wildman–Crippen MR) is 50.1 cm³/mol. The maximum absolute atomic E-state index is 12.2. The van der Waals surface area contributed by atoms with Crippen molar-refractivity contribution in [3.63, 3.8) is 0 Å². The van der Waals surface area contributed by atoms with E-state index in [1.165, 1.54) is 18.2 Å². The van der Waals surface area contributed by atoms with Crippen LogP contribution in [0, 0.1) is 0 Å². The largest absolute Gasteiger partial charge is 0.402 e. The van der Waals surface area contributed by atoms with Crippen LogP contribution in [0.1, 0.15) is 5.56 Å². The molecule has 1 heterocycles. The van der Waals surface area contributed by atoms with Crippen LogP contribution in [-0.4, -0.2) is 25.4 Å². The molecule has 0 N–H and O–H groups in total. The monoisotopic (exact) mass is 251 g/mol. The third-order valence-electron chi connectivity index (χ3n) is 2.29. The lowest BCUT2D eigenvalue weighted by atomic mass is 10.2. The van der Waals surface area contributed by atoms with Crippen molar-refractivity contribution in [2.75, 3.05) is 6.54 Å². The number of fused-ring (bicyclic) bond motifs is 1. The lowest BCUT2D eigenvalue weighted by Crippen LogP contribution is -2.34. The van der Waals surface area contributed by atoms with Crippen molar-refractivity contribution in [3.8, 4) is 0 Å². The minimum Gasteiger partial charge on any atom is -0.207 e. The molecule has 0 aromatic heterocycles. The van der Waals surface area contributed by atoms with Crippen LogP contribution in [0.2, 0.25) is 0 Å². The molecule has 0 saturated carbocycles. The Balaban J connectivity index is 2.37. The van der Waals surface area contributed by atoms with Crippen molar-refractivity contribution in [2.24, 2.45) is 0 Å². The van der Waals surface area contributed by atoms with Crippen molar-refractivity contribution in [2.45, 2.75) is 17.6 Å². The lowest BCUT2D eigenvalue weighted by molar-refractivity contribution is -0.136. The van der Waals surface area contributed by atoms with E-state index < -0.39 is 22.7 Å². The molecular formula is C9H8F3NO2S. The minimum absolute atomic E-state index is 0.0285. The van der Waals surface area contributed by atoms with Gasteiger partial charge in [-0.3, -0.25) is 0 Å². The molecule has 3 nitrogen and oxygen atoms in total. The van der Waals surface area contributed by atoms with Gasteiger partial charge >= 0.3 is 6.18 Å². The van der Waals surface area contributed by atoms with E-state index in [2.05, 4.69) is 0 Å². The molecule has 1 aliphatic heterocycles. The van der Waals surface area contributed by atoms with Crippen LogP contribution in [-0.2, 0) is 16.6 Å². The van der Waals surface area contributed by atoms with Crippen LogP contribution in [0.5, 0.6) is 0 Å². The molecule has 7 heteroatoms. The summed E-state index contributed by atoms with van der Waals surface area (Å²) in [5.41, 5.74) is 0.409. The zero-order chi connectivity index (χ0) is 12.0. The van der Waals surface area contributed by atoms with Gasteiger partial charge in [0, 0.05) is 6.54 Å². The van der Waals surface area contributed by atoms with Gasteiger partial charge in [0.25, 0.3) is 0 Å². The smallest absolute Gasteiger partial charge is 0.207 e. The molecular weight excluding hydrogens is 243 g/mol. The van der Waals surface area contributed by atoms with Crippen molar-refractivity contribution in [3.05, 3.63) is 29.8 Å². The molecule has 0 saturated heterocycles. The van der Waals surface area contributed by atoms with E-state index in [1.54, 1.807) is 6.07 Å². The highest BCUT2D eigenvalue weighted by Crippen LogP contribution is 2.32. The van der Waals surface area contributed by atoms with Crippen LogP contribution in [0.25, 0.3) is 0 Å². The van der Waals surface area contributed by atoms with E-state index >= 15 is 0 Å². The fraction of sp³-hybridized carbons (Fsp3) is 0.333. The summed E-state index contributed by atoms with van der Waals surface area (Å²) in [6, 6.07) is 5.93. The molecule has 0 unspecified atom stereocenters.